The summed E-state index contributed by atoms with van der Waals surface area (Å²) in [5.74, 6) is 1.05. The van der Waals surface area contributed by atoms with E-state index in [9.17, 15) is 0 Å². The van der Waals surface area contributed by atoms with Crippen LogP contribution in [0, 0.1) is 6.92 Å². The molecule has 1 saturated heterocycles. The van der Waals surface area contributed by atoms with Gasteiger partial charge >= 0.3 is 0 Å². The Morgan fingerprint density at radius 2 is 2.00 bits per heavy atom. The topological polar surface area (TPSA) is 45.1 Å². The van der Waals surface area contributed by atoms with Gasteiger partial charge in [0.25, 0.3) is 0 Å². The Morgan fingerprint density at radius 1 is 1.21 bits per heavy atom. The molecule has 4 nitrogen and oxygen atoms in total. The molecule has 4 heterocycles. The van der Waals surface area contributed by atoms with Gasteiger partial charge in [0.2, 0.25) is 0 Å². The summed E-state index contributed by atoms with van der Waals surface area (Å²) in [4.78, 5) is 8.11. The Morgan fingerprint density at radius 3 is 2.76 bits per heavy atom. The third kappa shape index (κ3) is 3.06. The molecule has 5 rings (SSSR count). The lowest BCUT2D eigenvalue weighted by molar-refractivity contribution is 0.460. The number of H-pyrrole nitrogens is 1. The fourth-order valence-electron chi connectivity index (χ4n) is 4.81. The molecule has 0 bridgehead atoms. The summed E-state index contributed by atoms with van der Waals surface area (Å²) in [6.07, 6.45) is 8.33. The second-order valence-electron chi connectivity index (χ2n) is 8.54. The number of pyridine rings is 1. The lowest BCUT2D eigenvalue weighted by Gasteiger charge is -2.23. The zero-order valence-electron chi connectivity index (χ0n) is 17.2. The molecule has 1 aliphatic heterocycles. The van der Waals surface area contributed by atoms with Crippen LogP contribution < -0.4 is 5.32 Å². The number of imidazole rings is 1. The number of aromatic nitrogens is 3. The van der Waals surface area contributed by atoms with Gasteiger partial charge in [-0.1, -0.05) is 31.5 Å². The summed E-state index contributed by atoms with van der Waals surface area (Å²) in [6.45, 7) is 8.86. The first kappa shape index (κ1) is 18.7. The van der Waals surface area contributed by atoms with E-state index in [4.69, 9.17) is 11.6 Å². The van der Waals surface area contributed by atoms with Crippen LogP contribution in [-0.2, 0) is 0 Å². The minimum Gasteiger partial charge on any atom is -0.354 e. The molecule has 0 aliphatic carbocycles. The lowest BCUT2D eigenvalue weighted by Crippen LogP contribution is -2.26. The Hall–Kier alpha value is -2.30. The number of nitrogens with zero attached hydrogens (tertiary/aromatic N) is 2. The highest BCUT2D eigenvalue weighted by atomic mass is 35.5. The first-order valence-electron chi connectivity index (χ1n) is 10.5. The number of hydrogen-bond acceptors (Lipinski definition) is 2. The van der Waals surface area contributed by atoms with Crippen molar-refractivity contribution in [3.8, 4) is 11.3 Å². The monoisotopic (exact) mass is 406 g/mol. The number of halogens is 1. The number of piperidine rings is 1. The minimum absolute atomic E-state index is 0.402. The summed E-state index contributed by atoms with van der Waals surface area (Å²) < 4.78 is 2.01. The van der Waals surface area contributed by atoms with E-state index in [-0.39, 0.29) is 0 Å². The molecular weight excluding hydrogens is 380 g/mol. The van der Waals surface area contributed by atoms with E-state index < -0.39 is 0 Å². The van der Waals surface area contributed by atoms with Gasteiger partial charge in [0.05, 0.1) is 10.7 Å². The van der Waals surface area contributed by atoms with Gasteiger partial charge in [-0.3, -0.25) is 0 Å². The molecular formula is C24H27ClN4. The third-order valence-electron chi connectivity index (χ3n) is 6.39. The van der Waals surface area contributed by atoms with Crippen molar-refractivity contribution in [2.75, 3.05) is 13.1 Å². The maximum atomic E-state index is 6.68. The number of benzene rings is 1. The molecule has 5 heteroatoms. The molecule has 3 aromatic heterocycles. The van der Waals surface area contributed by atoms with Gasteiger partial charge in [0.15, 0.2) is 5.65 Å². The highest BCUT2D eigenvalue weighted by Gasteiger charge is 2.22. The van der Waals surface area contributed by atoms with Crippen molar-refractivity contribution in [3.63, 3.8) is 0 Å². The predicted molar refractivity (Wildman–Crippen MR) is 121 cm³/mol. The second-order valence-corrected chi connectivity index (χ2v) is 8.92. The van der Waals surface area contributed by atoms with Crippen LogP contribution in [0.5, 0.6) is 0 Å². The maximum absolute atomic E-state index is 6.68. The summed E-state index contributed by atoms with van der Waals surface area (Å²) in [6, 6.07) is 6.99. The highest BCUT2D eigenvalue weighted by molar-refractivity contribution is 6.34. The molecule has 4 aromatic rings. The Labute approximate surface area is 176 Å². The van der Waals surface area contributed by atoms with Gasteiger partial charge < -0.3 is 14.7 Å². The predicted octanol–water partition coefficient (Wildman–Crippen LogP) is 6.03. The molecule has 2 N–H and O–H groups in total. The molecule has 150 valence electrons. The number of nitrogens with one attached hydrogen (secondary N) is 2. The smallest absolute Gasteiger partial charge is 0.155 e. The van der Waals surface area contributed by atoms with Crippen LogP contribution in [0.25, 0.3) is 27.8 Å². The van der Waals surface area contributed by atoms with E-state index in [1.165, 1.54) is 40.6 Å². The summed E-state index contributed by atoms with van der Waals surface area (Å²) >= 11 is 6.68. The Balaban J connectivity index is 1.72. The second kappa shape index (κ2) is 7.19. The Bertz CT molecular complexity index is 1190. The maximum Gasteiger partial charge on any atom is 0.155 e. The fourth-order valence-corrected chi connectivity index (χ4v) is 5.06. The van der Waals surface area contributed by atoms with E-state index in [1.54, 1.807) is 6.20 Å². The van der Waals surface area contributed by atoms with Crippen molar-refractivity contribution in [1.82, 2.24) is 19.7 Å². The van der Waals surface area contributed by atoms with Crippen LogP contribution in [0.4, 0.5) is 0 Å². The molecule has 0 atom stereocenters. The van der Waals surface area contributed by atoms with Crippen LogP contribution in [-0.4, -0.2) is 27.5 Å². The molecule has 29 heavy (non-hydrogen) atoms. The quantitative estimate of drug-likeness (QED) is 0.436. The summed E-state index contributed by atoms with van der Waals surface area (Å²) in [5.41, 5.74) is 8.22. The van der Waals surface area contributed by atoms with Crippen LogP contribution in [0.1, 0.15) is 55.2 Å². The normalized spacial score (nSPS) is 15.8. The Kier molecular flexibility index (Phi) is 4.64. The summed E-state index contributed by atoms with van der Waals surface area (Å²) in [7, 11) is 0. The molecule has 1 aromatic carbocycles. The van der Waals surface area contributed by atoms with Crippen LogP contribution >= 0.6 is 11.6 Å². The van der Waals surface area contributed by atoms with E-state index in [1.807, 2.05) is 10.6 Å². The first-order chi connectivity index (χ1) is 14.0. The van der Waals surface area contributed by atoms with Gasteiger partial charge in [0.1, 0.15) is 0 Å². The molecule has 0 unspecified atom stereocenters. The summed E-state index contributed by atoms with van der Waals surface area (Å²) in [5, 5.41) is 5.53. The zero-order chi connectivity index (χ0) is 20.1. The van der Waals surface area contributed by atoms with E-state index in [2.05, 4.69) is 60.5 Å². The van der Waals surface area contributed by atoms with Gasteiger partial charge in [0, 0.05) is 35.1 Å². The van der Waals surface area contributed by atoms with Gasteiger partial charge in [-0.2, -0.15) is 0 Å². The van der Waals surface area contributed by atoms with Crippen LogP contribution in [0.15, 0.2) is 36.8 Å². The van der Waals surface area contributed by atoms with Crippen molar-refractivity contribution in [2.24, 2.45) is 0 Å². The number of rotatable bonds is 3. The van der Waals surface area contributed by atoms with E-state index >= 15 is 0 Å². The van der Waals surface area contributed by atoms with Crippen molar-refractivity contribution in [2.45, 2.75) is 45.4 Å². The van der Waals surface area contributed by atoms with Crippen molar-refractivity contribution in [3.05, 3.63) is 58.5 Å². The van der Waals surface area contributed by atoms with E-state index in [0.29, 0.717) is 11.8 Å². The number of hydrogen-bond donors (Lipinski definition) is 2. The zero-order valence-corrected chi connectivity index (χ0v) is 18.0. The minimum atomic E-state index is 0.402. The number of aromatic amines is 1. The molecule has 0 saturated carbocycles. The molecule has 1 aliphatic rings. The third-order valence-corrected chi connectivity index (χ3v) is 6.84. The lowest BCUT2D eigenvalue weighted by atomic mass is 9.88. The van der Waals surface area contributed by atoms with Crippen molar-refractivity contribution in [1.29, 1.82) is 0 Å². The SMILES string of the molecule is Cc1c(-c2[nH]c3ccc(C4CCNCC4)cc3c2C(C)C)cn2ccnc2c1Cl. The van der Waals surface area contributed by atoms with Crippen molar-refractivity contribution < 1.29 is 0 Å². The first-order valence-corrected chi connectivity index (χ1v) is 10.9. The standard InChI is InChI=1S/C24H27ClN4/c1-14(2)21-18-12-17(16-6-8-26-9-7-16)4-5-20(18)28-23(21)19-13-29-11-10-27-24(29)22(25)15(19)3/h4-5,10-14,16,26,28H,6-9H2,1-3H3. The molecule has 1 fully saturated rings. The molecule has 0 amide bonds. The molecule has 0 radical (unpaired) electrons. The van der Waals surface area contributed by atoms with Crippen LogP contribution in [0.3, 0.4) is 0 Å². The van der Waals surface area contributed by atoms with Gasteiger partial charge in [-0.05, 0) is 73.5 Å². The number of fused-ring (bicyclic) bond motifs is 2. The van der Waals surface area contributed by atoms with Gasteiger partial charge in [-0.25, -0.2) is 4.98 Å². The average Bonchev–Trinajstić information content (AvgIpc) is 3.35. The fraction of sp³-hybridized carbons (Fsp3) is 0.375. The van der Waals surface area contributed by atoms with Crippen LogP contribution in [0.2, 0.25) is 5.02 Å². The van der Waals surface area contributed by atoms with Crippen molar-refractivity contribution >= 4 is 28.2 Å². The van der Waals surface area contributed by atoms with E-state index in [0.717, 1.165) is 34.9 Å². The largest absolute Gasteiger partial charge is 0.354 e. The van der Waals surface area contributed by atoms with Gasteiger partial charge in [-0.15, -0.1) is 0 Å². The average molecular weight is 407 g/mol. The molecule has 0 spiro atoms. The highest BCUT2D eigenvalue weighted by Crippen LogP contribution is 2.40.